The van der Waals surface area contributed by atoms with Gasteiger partial charge in [0.2, 0.25) is 0 Å². The Balaban J connectivity index is 2.88. The maximum absolute atomic E-state index is 8.88. The van der Waals surface area contributed by atoms with Crippen LogP contribution in [0.15, 0.2) is 18.2 Å². The lowest BCUT2D eigenvalue weighted by atomic mass is 10.2. The molecule has 0 atom stereocenters. The molecule has 0 aliphatic rings. The van der Waals surface area contributed by atoms with Crippen molar-refractivity contribution in [3.63, 3.8) is 0 Å². The van der Waals surface area contributed by atoms with Crippen LogP contribution in [0.25, 0.3) is 0 Å². The van der Waals surface area contributed by atoms with Gasteiger partial charge >= 0.3 is 0 Å². The van der Waals surface area contributed by atoms with Gasteiger partial charge in [-0.1, -0.05) is 6.07 Å². The molecule has 14 heavy (non-hydrogen) atoms. The number of aliphatic hydroxyl groups excluding tert-OH is 1. The lowest BCUT2D eigenvalue weighted by Gasteiger charge is -2.08. The van der Waals surface area contributed by atoms with Gasteiger partial charge in [-0.2, -0.15) is 5.26 Å². The van der Waals surface area contributed by atoms with E-state index in [1.165, 1.54) is 7.11 Å². The van der Waals surface area contributed by atoms with Gasteiger partial charge in [-0.25, -0.2) is 0 Å². The quantitative estimate of drug-likeness (QED) is 0.777. The van der Waals surface area contributed by atoms with Gasteiger partial charge < -0.3 is 14.6 Å². The Morgan fingerprint density at radius 2 is 2.21 bits per heavy atom. The fourth-order valence-corrected chi connectivity index (χ4v) is 1.04. The fourth-order valence-electron chi connectivity index (χ4n) is 1.04. The number of aliphatic hydroxyl groups is 1. The van der Waals surface area contributed by atoms with Crippen LogP contribution < -0.4 is 9.47 Å². The summed E-state index contributed by atoms with van der Waals surface area (Å²) in [4.78, 5) is 0. The molecule has 4 heteroatoms. The minimum Gasteiger partial charge on any atom is -0.493 e. The molecule has 74 valence electrons. The number of ether oxygens (including phenoxy) is 2. The molecule has 4 nitrogen and oxygen atoms in total. The van der Waals surface area contributed by atoms with Gasteiger partial charge in [0.15, 0.2) is 18.1 Å². The molecule has 0 aliphatic carbocycles. The molecule has 0 radical (unpaired) electrons. The van der Waals surface area contributed by atoms with Crippen molar-refractivity contribution in [3.05, 3.63) is 23.8 Å². The van der Waals surface area contributed by atoms with Gasteiger partial charge in [0, 0.05) is 0 Å². The van der Waals surface area contributed by atoms with Crippen LogP contribution in [0.5, 0.6) is 11.5 Å². The van der Waals surface area contributed by atoms with Gasteiger partial charge in [-0.3, -0.25) is 0 Å². The molecule has 1 aromatic rings. The van der Waals surface area contributed by atoms with Crippen LogP contribution in [0, 0.1) is 11.3 Å². The van der Waals surface area contributed by atoms with E-state index >= 15 is 0 Å². The van der Waals surface area contributed by atoms with E-state index < -0.39 is 0 Å². The first kappa shape index (κ1) is 10.4. The summed E-state index contributed by atoms with van der Waals surface area (Å²) in [5.41, 5.74) is 0.742. The van der Waals surface area contributed by atoms with Gasteiger partial charge in [0.1, 0.15) is 6.07 Å². The van der Waals surface area contributed by atoms with E-state index in [2.05, 4.69) is 0 Å². The highest BCUT2D eigenvalue weighted by Gasteiger charge is 2.04. The molecule has 0 saturated carbocycles. The molecule has 0 unspecified atom stereocenters. The summed E-state index contributed by atoms with van der Waals surface area (Å²) < 4.78 is 10.1. The Kier molecular flexibility index (Phi) is 3.77. The van der Waals surface area contributed by atoms with Crippen LogP contribution in [-0.2, 0) is 6.61 Å². The third kappa shape index (κ3) is 2.38. The van der Waals surface area contributed by atoms with Crippen LogP contribution >= 0.6 is 0 Å². The van der Waals surface area contributed by atoms with E-state index in [0.29, 0.717) is 11.5 Å². The van der Waals surface area contributed by atoms with Crippen molar-refractivity contribution < 1.29 is 14.6 Å². The Morgan fingerprint density at radius 1 is 1.43 bits per heavy atom. The molecule has 0 amide bonds. The summed E-state index contributed by atoms with van der Waals surface area (Å²) >= 11 is 0. The lowest BCUT2D eigenvalue weighted by molar-refractivity contribution is 0.279. The molecule has 0 bridgehead atoms. The van der Waals surface area contributed by atoms with Crippen molar-refractivity contribution in [3.8, 4) is 17.6 Å². The molecule has 1 N–H and O–H groups in total. The van der Waals surface area contributed by atoms with Gasteiger partial charge in [0.25, 0.3) is 0 Å². The Bertz CT molecular complexity index is 344. The number of benzene rings is 1. The average Bonchev–Trinajstić information content (AvgIpc) is 2.26. The van der Waals surface area contributed by atoms with E-state index in [4.69, 9.17) is 19.8 Å². The second-order valence-electron chi connectivity index (χ2n) is 2.59. The van der Waals surface area contributed by atoms with Crippen LogP contribution in [-0.4, -0.2) is 18.8 Å². The summed E-state index contributed by atoms with van der Waals surface area (Å²) in [5, 5.41) is 17.2. The minimum atomic E-state index is -0.0467. The zero-order chi connectivity index (χ0) is 10.4. The van der Waals surface area contributed by atoms with Crippen LogP contribution in [0.4, 0.5) is 0 Å². The number of nitrogens with zero attached hydrogens (tertiary/aromatic N) is 1. The summed E-state index contributed by atoms with van der Waals surface area (Å²) in [7, 11) is 1.51. The van der Waals surface area contributed by atoms with E-state index in [-0.39, 0.29) is 13.2 Å². The molecule has 0 heterocycles. The van der Waals surface area contributed by atoms with Crippen LogP contribution in [0.3, 0.4) is 0 Å². The zero-order valence-corrected chi connectivity index (χ0v) is 7.86. The van der Waals surface area contributed by atoms with Crippen LogP contribution in [0.2, 0.25) is 0 Å². The third-order valence-corrected chi connectivity index (χ3v) is 1.70. The molecule has 0 aromatic heterocycles. The highest BCUT2D eigenvalue weighted by molar-refractivity contribution is 5.42. The summed E-state index contributed by atoms with van der Waals surface area (Å²) in [6.45, 7) is -0.0658. The second kappa shape index (κ2) is 5.10. The van der Waals surface area contributed by atoms with Crippen molar-refractivity contribution in [1.29, 1.82) is 5.26 Å². The molecular weight excluding hydrogens is 182 g/mol. The third-order valence-electron chi connectivity index (χ3n) is 1.70. The average molecular weight is 193 g/mol. The largest absolute Gasteiger partial charge is 0.493 e. The summed E-state index contributed by atoms with van der Waals surface area (Å²) in [6.07, 6.45) is 0. The SMILES string of the molecule is COc1cc(CO)ccc1OCC#N. The highest BCUT2D eigenvalue weighted by Crippen LogP contribution is 2.27. The van der Waals surface area contributed by atoms with E-state index in [1.807, 2.05) is 6.07 Å². The van der Waals surface area contributed by atoms with E-state index in [1.54, 1.807) is 18.2 Å². The lowest BCUT2D eigenvalue weighted by Crippen LogP contribution is -1.97. The number of methoxy groups -OCH3 is 1. The molecule has 0 aliphatic heterocycles. The van der Waals surface area contributed by atoms with Crippen LogP contribution in [0.1, 0.15) is 5.56 Å². The predicted octanol–water partition coefficient (Wildman–Crippen LogP) is 1.09. The second-order valence-corrected chi connectivity index (χ2v) is 2.59. The van der Waals surface area contributed by atoms with Crippen molar-refractivity contribution >= 4 is 0 Å². The number of hydrogen-bond acceptors (Lipinski definition) is 4. The maximum Gasteiger partial charge on any atom is 0.174 e. The molecular formula is C10H11NO3. The van der Waals surface area contributed by atoms with E-state index in [0.717, 1.165) is 5.56 Å². The summed E-state index contributed by atoms with van der Waals surface area (Å²) in [5.74, 6) is 1.03. The highest BCUT2D eigenvalue weighted by atomic mass is 16.5. The van der Waals surface area contributed by atoms with Gasteiger partial charge in [-0.05, 0) is 17.7 Å². The standard InChI is InChI=1S/C10H11NO3/c1-13-10-6-8(7-12)2-3-9(10)14-5-4-11/h2-3,6,12H,5,7H2,1H3. The minimum absolute atomic E-state index is 0.0190. The summed E-state index contributed by atoms with van der Waals surface area (Å²) in [6, 6.07) is 6.93. The van der Waals surface area contributed by atoms with Crippen molar-refractivity contribution in [2.45, 2.75) is 6.61 Å². The normalized spacial score (nSPS) is 9.21. The first-order valence-corrected chi connectivity index (χ1v) is 4.09. The number of hydrogen-bond donors (Lipinski definition) is 1. The first-order valence-electron chi connectivity index (χ1n) is 4.09. The molecule has 0 fully saturated rings. The smallest absolute Gasteiger partial charge is 0.174 e. The van der Waals surface area contributed by atoms with Crippen molar-refractivity contribution in [2.24, 2.45) is 0 Å². The molecule has 0 spiro atoms. The monoisotopic (exact) mass is 193 g/mol. The molecule has 0 saturated heterocycles. The number of rotatable bonds is 4. The topological polar surface area (TPSA) is 62.5 Å². The Hall–Kier alpha value is -1.73. The Morgan fingerprint density at radius 3 is 2.79 bits per heavy atom. The van der Waals surface area contributed by atoms with Crippen molar-refractivity contribution in [2.75, 3.05) is 13.7 Å². The maximum atomic E-state index is 8.88. The fraction of sp³-hybridized carbons (Fsp3) is 0.300. The predicted molar refractivity (Wildman–Crippen MR) is 50.0 cm³/mol. The molecule has 1 aromatic carbocycles. The first-order chi connectivity index (χ1) is 6.81. The Labute approximate surface area is 82.3 Å². The van der Waals surface area contributed by atoms with Gasteiger partial charge in [0.05, 0.1) is 13.7 Å². The van der Waals surface area contributed by atoms with Crippen molar-refractivity contribution in [1.82, 2.24) is 0 Å². The van der Waals surface area contributed by atoms with Gasteiger partial charge in [-0.15, -0.1) is 0 Å². The van der Waals surface area contributed by atoms with E-state index in [9.17, 15) is 0 Å². The number of nitriles is 1. The molecule has 1 rings (SSSR count). The zero-order valence-electron chi connectivity index (χ0n) is 7.86.